The Kier molecular flexibility index (Phi) is 3.84. The molecule has 16 heavy (non-hydrogen) atoms. The monoisotopic (exact) mass is 261 g/mol. The highest BCUT2D eigenvalue weighted by Crippen LogP contribution is 2.29. The SMILES string of the molecule is OCC1CCCC1Nc1nc(Cl)ncc1Cl. The summed E-state index contributed by atoms with van der Waals surface area (Å²) in [6.45, 7) is 0.189. The number of aliphatic hydroxyl groups excluding tert-OH is 1. The van der Waals surface area contributed by atoms with E-state index in [0.29, 0.717) is 10.8 Å². The van der Waals surface area contributed by atoms with Crippen molar-refractivity contribution in [2.75, 3.05) is 11.9 Å². The van der Waals surface area contributed by atoms with Crippen LogP contribution in [0.5, 0.6) is 0 Å². The molecule has 2 atom stereocenters. The smallest absolute Gasteiger partial charge is 0.224 e. The summed E-state index contributed by atoms with van der Waals surface area (Å²) in [5.74, 6) is 0.817. The van der Waals surface area contributed by atoms with Crippen LogP contribution in [0.4, 0.5) is 5.82 Å². The van der Waals surface area contributed by atoms with E-state index in [2.05, 4.69) is 15.3 Å². The minimum atomic E-state index is 0.172. The quantitative estimate of drug-likeness (QED) is 0.821. The summed E-state index contributed by atoms with van der Waals surface area (Å²) in [6.07, 6.45) is 4.63. The van der Waals surface area contributed by atoms with Crippen molar-refractivity contribution in [1.82, 2.24) is 9.97 Å². The Morgan fingerprint density at radius 3 is 3.00 bits per heavy atom. The Labute approximate surface area is 104 Å². The first kappa shape index (κ1) is 11.9. The molecule has 4 nitrogen and oxygen atoms in total. The molecule has 1 heterocycles. The highest BCUT2D eigenvalue weighted by molar-refractivity contribution is 6.33. The van der Waals surface area contributed by atoms with Crippen LogP contribution in [0.25, 0.3) is 0 Å². The van der Waals surface area contributed by atoms with E-state index in [-0.39, 0.29) is 23.9 Å². The second-order valence-electron chi connectivity index (χ2n) is 3.96. The van der Waals surface area contributed by atoms with Crippen LogP contribution in [0.3, 0.4) is 0 Å². The molecule has 2 rings (SSSR count). The zero-order valence-corrected chi connectivity index (χ0v) is 10.2. The molecule has 0 aliphatic heterocycles. The van der Waals surface area contributed by atoms with Gasteiger partial charge in [-0.2, -0.15) is 4.98 Å². The minimum absolute atomic E-state index is 0.172. The van der Waals surface area contributed by atoms with Crippen molar-refractivity contribution in [2.45, 2.75) is 25.3 Å². The van der Waals surface area contributed by atoms with Gasteiger partial charge in [-0.3, -0.25) is 0 Å². The van der Waals surface area contributed by atoms with Crippen LogP contribution < -0.4 is 5.32 Å². The van der Waals surface area contributed by atoms with Gasteiger partial charge < -0.3 is 10.4 Å². The molecule has 0 bridgehead atoms. The normalized spacial score (nSPS) is 24.7. The average molecular weight is 262 g/mol. The van der Waals surface area contributed by atoms with Gasteiger partial charge in [0.2, 0.25) is 5.28 Å². The number of halogens is 2. The van der Waals surface area contributed by atoms with Gasteiger partial charge in [-0.25, -0.2) is 4.98 Å². The second kappa shape index (κ2) is 5.17. The van der Waals surface area contributed by atoms with E-state index >= 15 is 0 Å². The molecule has 1 aliphatic rings. The van der Waals surface area contributed by atoms with Crippen molar-refractivity contribution in [3.05, 3.63) is 16.5 Å². The number of hydrogen-bond acceptors (Lipinski definition) is 4. The summed E-state index contributed by atoms with van der Waals surface area (Å²) >= 11 is 11.7. The Morgan fingerprint density at radius 2 is 2.25 bits per heavy atom. The molecule has 0 saturated heterocycles. The van der Waals surface area contributed by atoms with Crippen molar-refractivity contribution in [3.8, 4) is 0 Å². The molecule has 6 heteroatoms. The van der Waals surface area contributed by atoms with E-state index in [1.54, 1.807) is 0 Å². The van der Waals surface area contributed by atoms with Gasteiger partial charge in [0, 0.05) is 18.6 Å². The standard InChI is InChI=1S/C10H13Cl2N3O/c11-7-4-13-10(12)15-9(7)14-8-3-1-2-6(8)5-16/h4,6,8,16H,1-3,5H2,(H,13,14,15). The molecular weight excluding hydrogens is 249 g/mol. The van der Waals surface area contributed by atoms with Crippen LogP contribution >= 0.6 is 23.2 Å². The van der Waals surface area contributed by atoms with Gasteiger partial charge >= 0.3 is 0 Å². The van der Waals surface area contributed by atoms with Gasteiger partial charge in [0.25, 0.3) is 0 Å². The molecule has 0 amide bonds. The minimum Gasteiger partial charge on any atom is -0.396 e. The highest BCUT2D eigenvalue weighted by atomic mass is 35.5. The lowest BCUT2D eigenvalue weighted by atomic mass is 10.1. The van der Waals surface area contributed by atoms with Gasteiger partial charge in [0.05, 0.1) is 6.20 Å². The topological polar surface area (TPSA) is 58.0 Å². The first-order valence-electron chi connectivity index (χ1n) is 5.26. The maximum Gasteiger partial charge on any atom is 0.224 e. The number of anilines is 1. The lowest BCUT2D eigenvalue weighted by Gasteiger charge is -2.20. The van der Waals surface area contributed by atoms with E-state index in [4.69, 9.17) is 23.2 Å². The Bertz CT molecular complexity index is 375. The van der Waals surface area contributed by atoms with E-state index in [0.717, 1.165) is 19.3 Å². The molecule has 0 aromatic carbocycles. The van der Waals surface area contributed by atoms with Crippen LogP contribution in [0.15, 0.2) is 6.20 Å². The first-order chi connectivity index (χ1) is 7.70. The molecule has 1 aromatic heterocycles. The summed E-state index contributed by atoms with van der Waals surface area (Å²) in [7, 11) is 0. The third-order valence-corrected chi connectivity index (χ3v) is 3.39. The van der Waals surface area contributed by atoms with Crippen molar-refractivity contribution < 1.29 is 5.11 Å². The Morgan fingerprint density at radius 1 is 1.44 bits per heavy atom. The average Bonchev–Trinajstić information content (AvgIpc) is 2.71. The van der Waals surface area contributed by atoms with Gasteiger partial charge in [-0.15, -0.1) is 0 Å². The number of aliphatic hydroxyl groups is 1. The maximum atomic E-state index is 9.21. The summed E-state index contributed by atoms with van der Waals surface area (Å²) in [4.78, 5) is 7.82. The zero-order chi connectivity index (χ0) is 11.5. The molecule has 1 fully saturated rings. The summed E-state index contributed by atoms with van der Waals surface area (Å²) in [5.41, 5.74) is 0. The summed E-state index contributed by atoms with van der Waals surface area (Å²) in [6, 6.07) is 0.216. The third kappa shape index (κ3) is 2.56. The maximum absolute atomic E-state index is 9.21. The zero-order valence-electron chi connectivity index (χ0n) is 8.66. The fourth-order valence-electron chi connectivity index (χ4n) is 2.07. The Hall–Kier alpha value is -0.580. The lowest BCUT2D eigenvalue weighted by Crippen LogP contribution is -2.27. The molecule has 1 saturated carbocycles. The number of rotatable bonds is 3. The largest absolute Gasteiger partial charge is 0.396 e. The number of nitrogens with one attached hydrogen (secondary N) is 1. The second-order valence-corrected chi connectivity index (χ2v) is 4.71. The van der Waals surface area contributed by atoms with E-state index in [1.165, 1.54) is 6.20 Å². The molecule has 0 radical (unpaired) electrons. The van der Waals surface area contributed by atoms with Gasteiger partial charge in [0.15, 0.2) is 0 Å². The number of hydrogen-bond donors (Lipinski definition) is 2. The molecular formula is C10H13Cl2N3O. The van der Waals surface area contributed by atoms with Crippen molar-refractivity contribution in [3.63, 3.8) is 0 Å². The first-order valence-corrected chi connectivity index (χ1v) is 6.01. The van der Waals surface area contributed by atoms with Crippen LogP contribution in [0.1, 0.15) is 19.3 Å². The number of aromatic nitrogens is 2. The van der Waals surface area contributed by atoms with Crippen LogP contribution in [-0.2, 0) is 0 Å². The van der Waals surface area contributed by atoms with Gasteiger partial charge in [0.1, 0.15) is 10.8 Å². The lowest BCUT2D eigenvalue weighted by molar-refractivity contribution is 0.222. The molecule has 2 unspecified atom stereocenters. The van der Waals surface area contributed by atoms with Crippen molar-refractivity contribution in [1.29, 1.82) is 0 Å². The van der Waals surface area contributed by atoms with E-state index in [1.807, 2.05) is 0 Å². The van der Waals surface area contributed by atoms with Gasteiger partial charge in [-0.1, -0.05) is 18.0 Å². The molecule has 1 aromatic rings. The predicted molar refractivity (Wildman–Crippen MR) is 63.9 cm³/mol. The fraction of sp³-hybridized carbons (Fsp3) is 0.600. The summed E-state index contributed by atoms with van der Waals surface area (Å²) in [5, 5.41) is 13.1. The molecule has 1 aliphatic carbocycles. The fourth-order valence-corrected chi connectivity index (χ4v) is 2.35. The van der Waals surface area contributed by atoms with E-state index < -0.39 is 0 Å². The van der Waals surface area contributed by atoms with E-state index in [9.17, 15) is 5.11 Å². The Balaban J connectivity index is 2.11. The predicted octanol–water partition coefficient (Wildman–Crippen LogP) is 2.36. The van der Waals surface area contributed by atoms with Crippen molar-refractivity contribution >= 4 is 29.0 Å². The van der Waals surface area contributed by atoms with Gasteiger partial charge in [-0.05, 0) is 24.4 Å². The third-order valence-electron chi connectivity index (χ3n) is 2.93. The highest BCUT2D eigenvalue weighted by Gasteiger charge is 2.27. The molecule has 2 N–H and O–H groups in total. The van der Waals surface area contributed by atoms with Crippen LogP contribution in [0.2, 0.25) is 10.3 Å². The number of nitrogens with zero attached hydrogens (tertiary/aromatic N) is 2. The summed E-state index contributed by atoms with van der Waals surface area (Å²) < 4.78 is 0. The molecule has 0 spiro atoms. The molecule has 88 valence electrons. The van der Waals surface area contributed by atoms with Crippen molar-refractivity contribution in [2.24, 2.45) is 5.92 Å². The van der Waals surface area contributed by atoms with Crippen LogP contribution in [0, 0.1) is 5.92 Å². The van der Waals surface area contributed by atoms with Crippen LogP contribution in [-0.4, -0.2) is 27.7 Å².